The van der Waals surface area contributed by atoms with E-state index in [1.165, 1.54) is 23.9 Å². The molecule has 8 nitrogen and oxygen atoms in total. The summed E-state index contributed by atoms with van der Waals surface area (Å²) >= 11 is 1.44. The second-order valence-corrected chi connectivity index (χ2v) is 10.4. The van der Waals surface area contributed by atoms with E-state index < -0.39 is 17.4 Å². The number of benzene rings is 4. The van der Waals surface area contributed by atoms with Crippen molar-refractivity contribution < 1.29 is 23.8 Å². The number of aromatic hydroxyl groups is 1. The maximum atomic E-state index is 13.4. The predicted octanol–water partition coefficient (Wildman–Crippen LogP) is 6.60. The summed E-state index contributed by atoms with van der Waals surface area (Å²) in [7, 11) is 0. The first-order valence-corrected chi connectivity index (χ1v) is 14.5. The van der Waals surface area contributed by atoms with Gasteiger partial charge in [0.15, 0.2) is 0 Å². The Kier molecular flexibility index (Phi) is 9.23. The van der Waals surface area contributed by atoms with Gasteiger partial charge in [0.1, 0.15) is 22.8 Å². The second kappa shape index (κ2) is 13.6. The monoisotopic (exact) mass is 592 g/mol. The zero-order chi connectivity index (χ0) is 30.2. The average molecular weight is 593 g/mol. The van der Waals surface area contributed by atoms with Crippen molar-refractivity contribution in [3.05, 3.63) is 136 Å². The topological polar surface area (TPSA) is 118 Å². The first-order valence-electron chi connectivity index (χ1n) is 13.5. The number of hydrogen-bond acceptors (Lipinski definition) is 7. The van der Waals surface area contributed by atoms with Crippen LogP contribution in [0.2, 0.25) is 0 Å². The van der Waals surface area contributed by atoms with Crippen LogP contribution in [0.4, 0.5) is 5.69 Å². The minimum Gasteiger partial charge on any atom is -0.508 e. The molecule has 0 saturated heterocycles. The van der Waals surface area contributed by atoms with Crippen molar-refractivity contribution in [3.8, 4) is 11.5 Å². The lowest BCUT2D eigenvalue weighted by Crippen LogP contribution is -2.30. The Balaban J connectivity index is 1.31. The van der Waals surface area contributed by atoms with Gasteiger partial charge in [-0.15, -0.1) is 11.8 Å². The summed E-state index contributed by atoms with van der Waals surface area (Å²) in [4.78, 5) is 39.6. The lowest BCUT2D eigenvalue weighted by molar-refractivity contribution is -0.113. The summed E-state index contributed by atoms with van der Waals surface area (Å²) in [5.41, 5.74) is 2.00. The van der Waals surface area contributed by atoms with E-state index in [9.17, 15) is 19.5 Å². The Labute approximate surface area is 252 Å². The predicted molar refractivity (Wildman–Crippen MR) is 168 cm³/mol. The third-order valence-electron chi connectivity index (χ3n) is 6.35. The molecule has 0 aliphatic carbocycles. The summed E-state index contributed by atoms with van der Waals surface area (Å²) in [6, 6.07) is 29.5. The van der Waals surface area contributed by atoms with Crippen LogP contribution in [0.15, 0.2) is 123 Å². The number of amides is 2. The number of rotatable bonds is 10. The van der Waals surface area contributed by atoms with Gasteiger partial charge in [-0.2, -0.15) is 0 Å². The molecule has 0 bridgehead atoms. The summed E-state index contributed by atoms with van der Waals surface area (Å²) in [5.74, 6) is 0.0711. The molecule has 0 unspecified atom stereocenters. The molecular weight excluding hydrogens is 564 g/mol. The number of phenolic OH excluding ortho intramolecular Hbond substituents is 1. The number of thioether (sulfide) groups is 1. The van der Waals surface area contributed by atoms with Crippen LogP contribution in [0.25, 0.3) is 17.0 Å². The van der Waals surface area contributed by atoms with E-state index >= 15 is 0 Å². The fraction of sp³-hybridized carbons (Fsp3) is 0.0882. The van der Waals surface area contributed by atoms with Gasteiger partial charge >= 0.3 is 5.63 Å². The number of ether oxygens (including phenoxy) is 1. The Morgan fingerprint density at radius 3 is 2.44 bits per heavy atom. The Bertz CT molecular complexity index is 1850. The van der Waals surface area contributed by atoms with Gasteiger partial charge in [0.25, 0.3) is 11.8 Å². The van der Waals surface area contributed by atoms with E-state index in [1.807, 2.05) is 37.3 Å². The number of nitrogens with one attached hydrogen (secondary N) is 2. The summed E-state index contributed by atoms with van der Waals surface area (Å²) in [5, 5.41) is 15.9. The molecular formula is C34H28N2O6S. The molecule has 1 heterocycles. The SMILES string of the molecule is CCOc1ccccc1/C=C(\NC(=O)c1ccccc1)C(=O)Nc1ccc(SCc2cc3ccc(O)cc3oc2=O)cc1. The molecule has 2 amide bonds. The number of carbonyl (C=O) groups is 2. The fourth-order valence-electron chi connectivity index (χ4n) is 4.22. The zero-order valence-corrected chi connectivity index (χ0v) is 24.0. The molecule has 9 heteroatoms. The normalized spacial score (nSPS) is 11.2. The highest BCUT2D eigenvalue weighted by Gasteiger charge is 2.16. The number of hydrogen-bond donors (Lipinski definition) is 3. The minimum absolute atomic E-state index is 0.0291. The van der Waals surface area contributed by atoms with Crippen LogP contribution < -0.4 is 21.0 Å². The first kappa shape index (κ1) is 29.2. The van der Waals surface area contributed by atoms with E-state index in [0.29, 0.717) is 46.1 Å². The molecule has 216 valence electrons. The number of fused-ring (bicyclic) bond motifs is 1. The molecule has 43 heavy (non-hydrogen) atoms. The van der Waals surface area contributed by atoms with Gasteiger partial charge in [-0.25, -0.2) is 4.79 Å². The smallest absolute Gasteiger partial charge is 0.340 e. The second-order valence-electron chi connectivity index (χ2n) is 9.40. The number of para-hydroxylation sites is 1. The van der Waals surface area contributed by atoms with E-state index in [1.54, 1.807) is 66.7 Å². The molecule has 0 fully saturated rings. The Morgan fingerprint density at radius 1 is 0.930 bits per heavy atom. The first-order chi connectivity index (χ1) is 20.9. The van der Waals surface area contributed by atoms with E-state index in [-0.39, 0.29) is 11.4 Å². The van der Waals surface area contributed by atoms with Crippen molar-refractivity contribution in [2.45, 2.75) is 17.6 Å². The van der Waals surface area contributed by atoms with Crippen molar-refractivity contribution in [2.24, 2.45) is 0 Å². The van der Waals surface area contributed by atoms with Crippen molar-refractivity contribution in [1.29, 1.82) is 0 Å². The van der Waals surface area contributed by atoms with Gasteiger partial charge in [0.05, 0.1) is 6.61 Å². The number of phenols is 1. The summed E-state index contributed by atoms with van der Waals surface area (Å²) in [6.07, 6.45) is 1.59. The number of anilines is 1. The van der Waals surface area contributed by atoms with E-state index in [0.717, 1.165) is 10.3 Å². The van der Waals surface area contributed by atoms with Crippen LogP contribution in [-0.4, -0.2) is 23.5 Å². The molecule has 0 saturated carbocycles. The highest BCUT2D eigenvalue weighted by atomic mass is 32.2. The van der Waals surface area contributed by atoms with E-state index in [4.69, 9.17) is 9.15 Å². The largest absolute Gasteiger partial charge is 0.508 e. The molecule has 0 radical (unpaired) electrons. The molecule has 0 aliphatic heterocycles. The zero-order valence-electron chi connectivity index (χ0n) is 23.2. The van der Waals surface area contributed by atoms with Crippen LogP contribution in [0.1, 0.15) is 28.4 Å². The molecule has 0 atom stereocenters. The Hall–Kier alpha value is -5.28. The molecule has 3 N–H and O–H groups in total. The van der Waals surface area contributed by atoms with Crippen molar-refractivity contribution in [2.75, 3.05) is 11.9 Å². The van der Waals surface area contributed by atoms with Crippen LogP contribution in [0.3, 0.4) is 0 Å². The van der Waals surface area contributed by atoms with Gasteiger partial charge in [-0.05, 0) is 73.7 Å². The van der Waals surface area contributed by atoms with Crippen LogP contribution in [-0.2, 0) is 10.5 Å². The summed E-state index contributed by atoms with van der Waals surface area (Å²) in [6.45, 7) is 2.32. The molecule has 5 rings (SSSR count). The van der Waals surface area contributed by atoms with Gasteiger partial charge < -0.3 is 24.9 Å². The van der Waals surface area contributed by atoms with Crippen LogP contribution >= 0.6 is 11.8 Å². The Morgan fingerprint density at radius 2 is 1.67 bits per heavy atom. The van der Waals surface area contributed by atoms with Crippen molar-refractivity contribution >= 4 is 46.3 Å². The van der Waals surface area contributed by atoms with Crippen LogP contribution in [0.5, 0.6) is 11.5 Å². The van der Waals surface area contributed by atoms with Gasteiger partial charge in [-0.1, -0.05) is 36.4 Å². The van der Waals surface area contributed by atoms with Crippen molar-refractivity contribution in [1.82, 2.24) is 5.32 Å². The number of carbonyl (C=O) groups excluding carboxylic acids is 2. The van der Waals surface area contributed by atoms with Crippen molar-refractivity contribution in [3.63, 3.8) is 0 Å². The minimum atomic E-state index is -0.504. The summed E-state index contributed by atoms with van der Waals surface area (Å²) < 4.78 is 11.0. The van der Waals surface area contributed by atoms with Crippen LogP contribution in [0, 0.1) is 0 Å². The van der Waals surface area contributed by atoms with Gasteiger partial charge in [-0.3, -0.25) is 9.59 Å². The highest BCUT2D eigenvalue weighted by Crippen LogP contribution is 2.26. The quantitative estimate of drug-likeness (QED) is 0.0950. The lowest BCUT2D eigenvalue weighted by Gasteiger charge is -2.13. The lowest BCUT2D eigenvalue weighted by atomic mass is 10.1. The highest BCUT2D eigenvalue weighted by molar-refractivity contribution is 7.98. The third kappa shape index (κ3) is 7.52. The van der Waals surface area contributed by atoms with Gasteiger partial charge in [0, 0.05) is 44.5 Å². The molecule has 4 aromatic carbocycles. The molecule has 0 aliphatic rings. The maximum Gasteiger partial charge on any atom is 0.340 e. The van der Waals surface area contributed by atoms with E-state index in [2.05, 4.69) is 10.6 Å². The fourth-order valence-corrected chi connectivity index (χ4v) is 5.07. The third-order valence-corrected chi connectivity index (χ3v) is 7.41. The standard InChI is InChI=1S/C34H28N2O6S/c1-2-41-30-11-7-6-10-23(30)19-29(36-32(38)22-8-4-3-5-9-22)33(39)35-26-13-16-28(17-14-26)43-21-25-18-24-12-15-27(37)20-31(24)42-34(25)40/h3-20,37H,2,21H2,1H3,(H,35,39)(H,36,38)/b29-19-. The average Bonchev–Trinajstić information content (AvgIpc) is 3.02. The maximum absolute atomic E-state index is 13.4. The molecule has 0 spiro atoms. The molecule has 1 aromatic heterocycles. The van der Waals surface area contributed by atoms with Gasteiger partial charge in [0.2, 0.25) is 0 Å². The molecule has 5 aromatic rings.